The van der Waals surface area contributed by atoms with Crippen molar-refractivity contribution in [2.24, 2.45) is 5.92 Å². The standard InChI is InChI=1S/C21H30N2O/c1-17(24)22-15-20-10-5-4-9-19(20)13-21(16-22)11-6-12-23(21)14-18-7-2-3-8-18/h4-5,9-10,18H,2-3,6-8,11-16H2,1H3. The van der Waals surface area contributed by atoms with Gasteiger partial charge >= 0.3 is 0 Å². The van der Waals surface area contributed by atoms with E-state index in [9.17, 15) is 4.79 Å². The second kappa shape index (κ2) is 6.51. The Morgan fingerprint density at radius 3 is 2.67 bits per heavy atom. The van der Waals surface area contributed by atoms with Crippen LogP contribution in [0.1, 0.15) is 56.6 Å². The highest BCUT2D eigenvalue weighted by molar-refractivity contribution is 5.73. The topological polar surface area (TPSA) is 23.6 Å². The molecule has 1 unspecified atom stereocenters. The minimum Gasteiger partial charge on any atom is -0.337 e. The maximum atomic E-state index is 12.3. The summed E-state index contributed by atoms with van der Waals surface area (Å²) in [5, 5.41) is 0. The van der Waals surface area contributed by atoms with Crippen LogP contribution in [0.5, 0.6) is 0 Å². The summed E-state index contributed by atoms with van der Waals surface area (Å²) in [6.45, 7) is 5.88. The summed E-state index contributed by atoms with van der Waals surface area (Å²) in [7, 11) is 0. The van der Waals surface area contributed by atoms with Crippen LogP contribution in [0.25, 0.3) is 0 Å². The third-order valence-electron chi connectivity index (χ3n) is 6.62. The van der Waals surface area contributed by atoms with E-state index in [1.54, 1.807) is 6.92 Å². The van der Waals surface area contributed by atoms with Crippen LogP contribution in [-0.4, -0.2) is 40.9 Å². The van der Waals surface area contributed by atoms with Crippen LogP contribution in [0.4, 0.5) is 0 Å². The number of benzene rings is 1. The zero-order chi connectivity index (χ0) is 16.6. The van der Waals surface area contributed by atoms with Gasteiger partial charge in [0.25, 0.3) is 0 Å². The molecule has 0 radical (unpaired) electrons. The van der Waals surface area contributed by atoms with Gasteiger partial charge in [-0.05, 0) is 55.7 Å². The summed E-state index contributed by atoms with van der Waals surface area (Å²) in [6, 6.07) is 8.76. The highest BCUT2D eigenvalue weighted by Crippen LogP contribution is 2.39. The maximum absolute atomic E-state index is 12.3. The van der Waals surface area contributed by atoms with Gasteiger partial charge in [-0.15, -0.1) is 0 Å². The molecule has 3 nitrogen and oxygen atoms in total. The lowest BCUT2D eigenvalue weighted by molar-refractivity contribution is -0.131. The lowest BCUT2D eigenvalue weighted by Crippen LogP contribution is -2.54. The van der Waals surface area contributed by atoms with Gasteiger partial charge in [-0.25, -0.2) is 0 Å². The molecule has 2 fully saturated rings. The quantitative estimate of drug-likeness (QED) is 0.829. The number of carbonyl (C=O) groups is 1. The molecular weight excluding hydrogens is 296 g/mol. The Morgan fingerprint density at radius 2 is 1.92 bits per heavy atom. The molecule has 1 aromatic rings. The summed E-state index contributed by atoms with van der Waals surface area (Å²) >= 11 is 0. The first-order valence-corrected chi connectivity index (χ1v) is 9.74. The molecule has 130 valence electrons. The Hall–Kier alpha value is -1.35. The van der Waals surface area contributed by atoms with E-state index in [4.69, 9.17) is 0 Å². The van der Waals surface area contributed by atoms with Gasteiger partial charge in [0.1, 0.15) is 0 Å². The van der Waals surface area contributed by atoms with Crippen molar-refractivity contribution >= 4 is 5.91 Å². The predicted molar refractivity (Wildman–Crippen MR) is 96.7 cm³/mol. The van der Waals surface area contributed by atoms with Crippen molar-refractivity contribution in [2.75, 3.05) is 19.6 Å². The highest BCUT2D eigenvalue weighted by Gasteiger charge is 2.45. The Bertz CT molecular complexity index is 608. The van der Waals surface area contributed by atoms with Crippen LogP contribution in [0.2, 0.25) is 0 Å². The van der Waals surface area contributed by atoms with Crippen LogP contribution < -0.4 is 0 Å². The monoisotopic (exact) mass is 326 g/mol. The molecule has 2 aliphatic heterocycles. The number of likely N-dealkylation sites (tertiary alicyclic amines) is 1. The molecule has 4 rings (SSSR count). The van der Waals surface area contributed by atoms with Gasteiger partial charge in [0.15, 0.2) is 0 Å². The first-order chi connectivity index (χ1) is 11.7. The summed E-state index contributed by atoms with van der Waals surface area (Å²) in [6.07, 6.45) is 9.25. The Kier molecular flexibility index (Phi) is 4.38. The van der Waals surface area contributed by atoms with Crippen molar-refractivity contribution in [3.05, 3.63) is 35.4 Å². The van der Waals surface area contributed by atoms with Gasteiger partial charge < -0.3 is 4.90 Å². The zero-order valence-electron chi connectivity index (χ0n) is 15.0. The van der Waals surface area contributed by atoms with E-state index in [0.29, 0.717) is 0 Å². The van der Waals surface area contributed by atoms with Crippen molar-refractivity contribution in [3.63, 3.8) is 0 Å². The molecule has 1 aromatic carbocycles. The number of fused-ring (bicyclic) bond motifs is 1. The van der Waals surface area contributed by atoms with Crippen molar-refractivity contribution in [3.8, 4) is 0 Å². The summed E-state index contributed by atoms with van der Waals surface area (Å²) in [4.78, 5) is 17.1. The molecular formula is C21H30N2O. The molecule has 3 heteroatoms. The molecule has 1 saturated carbocycles. The summed E-state index contributed by atoms with van der Waals surface area (Å²) in [5.74, 6) is 1.10. The zero-order valence-corrected chi connectivity index (χ0v) is 15.0. The second-order valence-corrected chi connectivity index (χ2v) is 8.24. The molecule has 3 aliphatic rings. The van der Waals surface area contributed by atoms with E-state index < -0.39 is 0 Å². The number of nitrogens with zero attached hydrogens (tertiary/aromatic N) is 2. The maximum Gasteiger partial charge on any atom is 0.219 e. The normalized spacial score (nSPS) is 28.3. The Morgan fingerprint density at radius 1 is 1.17 bits per heavy atom. The molecule has 24 heavy (non-hydrogen) atoms. The van der Waals surface area contributed by atoms with Crippen molar-refractivity contribution in [2.45, 2.75) is 64.0 Å². The van der Waals surface area contributed by atoms with Gasteiger partial charge in [0.05, 0.1) is 0 Å². The van der Waals surface area contributed by atoms with Gasteiger partial charge in [-0.1, -0.05) is 37.1 Å². The molecule has 0 bridgehead atoms. The predicted octanol–water partition coefficient (Wildman–Crippen LogP) is 3.62. The van der Waals surface area contributed by atoms with E-state index >= 15 is 0 Å². The van der Waals surface area contributed by atoms with E-state index in [0.717, 1.165) is 25.4 Å². The molecule has 1 amide bonds. The molecule has 1 aliphatic carbocycles. The Balaban J connectivity index is 1.64. The fraction of sp³-hybridized carbons (Fsp3) is 0.667. The van der Waals surface area contributed by atoms with Crippen LogP contribution >= 0.6 is 0 Å². The Labute approximate surface area is 146 Å². The number of rotatable bonds is 2. The fourth-order valence-corrected chi connectivity index (χ4v) is 5.30. The average Bonchev–Trinajstić information content (AvgIpc) is 3.15. The highest BCUT2D eigenvalue weighted by atomic mass is 16.2. The van der Waals surface area contributed by atoms with Crippen molar-refractivity contribution in [1.82, 2.24) is 9.80 Å². The number of amides is 1. The van der Waals surface area contributed by atoms with E-state index in [1.165, 1.54) is 62.7 Å². The minimum absolute atomic E-state index is 0.168. The second-order valence-electron chi connectivity index (χ2n) is 8.24. The van der Waals surface area contributed by atoms with Gasteiger partial charge in [-0.2, -0.15) is 0 Å². The summed E-state index contributed by atoms with van der Waals surface area (Å²) < 4.78 is 0. The van der Waals surface area contributed by atoms with Gasteiger partial charge in [0.2, 0.25) is 5.91 Å². The largest absolute Gasteiger partial charge is 0.337 e. The van der Waals surface area contributed by atoms with Crippen molar-refractivity contribution in [1.29, 1.82) is 0 Å². The minimum atomic E-state index is 0.168. The van der Waals surface area contributed by atoms with Crippen molar-refractivity contribution < 1.29 is 4.79 Å². The van der Waals surface area contributed by atoms with E-state index in [1.807, 2.05) is 0 Å². The smallest absolute Gasteiger partial charge is 0.219 e. The molecule has 1 saturated heterocycles. The fourth-order valence-electron chi connectivity index (χ4n) is 5.30. The third kappa shape index (κ3) is 2.99. The lowest BCUT2D eigenvalue weighted by atomic mass is 9.86. The van der Waals surface area contributed by atoms with Crippen LogP contribution in [0, 0.1) is 5.92 Å². The van der Waals surface area contributed by atoms with Crippen LogP contribution in [0.3, 0.4) is 0 Å². The van der Waals surface area contributed by atoms with Gasteiger partial charge in [-0.3, -0.25) is 9.69 Å². The van der Waals surface area contributed by atoms with Crippen LogP contribution in [-0.2, 0) is 17.8 Å². The average molecular weight is 326 g/mol. The molecule has 1 atom stereocenters. The lowest BCUT2D eigenvalue weighted by Gasteiger charge is -2.41. The van der Waals surface area contributed by atoms with Crippen LogP contribution in [0.15, 0.2) is 24.3 Å². The van der Waals surface area contributed by atoms with Gasteiger partial charge in [0, 0.05) is 32.1 Å². The number of carbonyl (C=O) groups excluding carboxylic acids is 1. The number of hydrogen-bond donors (Lipinski definition) is 0. The SMILES string of the molecule is CC(=O)N1Cc2ccccc2CC2(CCCN2CC2CCCC2)C1. The molecule has 2 heterocycles. The molecule has 0 N–H and O–H groups in total. The third-order valence-corrected chi connectivity index (χ3v) is 6.62. The molecule has 1 spiro atoms. The van der Waals surface area contributed by atoms with E-state index in [2.05, 4.69) is 34.1 Å². The molecule has 0 aromatic heterocycles. The summed E-state index contributed by atoms with van der Waals surface area (Å²) in [5.41, 5.74) is 2.97. The number of hydrogen-bond acceptors (Lipinski definition) is 2. The van der Waals surface area contributed by atoms with E-state index in [-0.39, 0.29) is 11.4 Å². The first-order valence-electron chi connectivity index (χ1n) is 9.74. The first kappa shape index (κ1) is 16.1.